The SMILES string of the molecule is N#Cc1c(-c2ccccc2)nc(NN=Cc2ccc(C(F)(F)F)c(C(F)(F)C(F)(F)C(F)(F)F)c2)[nH]c1=O. The number of aromatic nitrogens is 2. The fourth-order valence-electron chi connectivity index (χ4n) is 3.10. The average Bonchev–Trinajstić information content (AvgIpc) is 2.82. The smallest absolute Gasteiger partial charge is 0.290 e. The van der Waals surface area contributed by atoms with Gasteiger partial charge in [-0.05, 0) is 17.7 Å². The second kappa shape index (κ2) is 9.80. The van der Waals surface area contributed by atoms with Gasteiger partial charge in [-0.2, -0.15) is 54.3 Å². The number of rotatable bonds is 6. The highest BCUT2D eigenvalue weighted by Gasteiger charge is 2.74. The van der Waals surface area contributed by atoms with E-state index >= 15 is 0 Å². The maximum absolute atomic E-state index is 14.2. The van der Waals surface area contributed by atoms with E-state index in [4.69, 9.17) is 0 Å². The quantitative estimate of drug-likeness (QED) is 0.221. The van der Waals surface area contributed by atoms with E-state index in [9.17, 15) is 54.0 Å². The monoisotopic (exact) mass is 551 g/mol. The fourth-order valence-corrected chi connectivity index (χ4v) is 3.10. The average molecular weight is 551 g/mol. The normalized spacial score (nSPS) is 13.0. The van der Waals surface area contributed by atoms with Gasteiger partial charge in [0.2, 0.25) is 5.95 Å². The molecule has 2 N–H and O–H groups in total. The third-order valence-electron chi connectivity index (χ3n) is 4.90. The van der Waals surface area contributed by atoms with Gasteiger partial charge in [0.15, 0.2) is 0 Å². The lowest BCUT2D eigenvalue weighted by atomic mass is 9.94. The number of nitrogens with one attached hydrogen (secondary N) is 2. The molecule has 0 radical (unpaired) electrons. The van der Waals surface area contributed by atoms with Gasteiger partial charge >= 0.3 is 24.2 Å². The van der Waals surface area contributed by atoms with E-state index < -0.39 is 52.4 Å². The Balaban J connectivity index is 2.01. The second-order valence-corrected chi connectivity index (χ2v) is 7.44. The van der Waals surface area contributed by atoms with Crippen LogP contribution >= 0.6 is 0 Å². The molecule has 3 aromatic rings. The molecule has 6 nitrogen and oxygen atoms in total. The topological polar surface area (TPSA) is 93.9 Å². The summed E-state index contributed by atoms with van der Waals surface area (Å²) < 4.78 is 133. The van der Waals surface area contributed by atoms with Crippen LogP contribution in [0.2, 0.25) is 0 Å². The molecular formula is C22H11F10N5O. The van der Waals surface area contributed by atoms with Crippen molar-refractivity contribution in [1.82, 2.24) is 9.97 Å². The molecule has 0 saturated heterocycles. The summed E-state index contributed by atoms with van der Waals surface area (Å²) in [4.78, 5) is 18.3. The molecule has 0 amide bonds. The molecule has 38 heavy (non-hydrogen) atoms. The van der Waals surface area contributed by atoms with Crippen molar-refractivity contribution >= 4 is 12.2 Å². The van der Waals surface area contributed by atoms with Crippen molar-refractivity contribution in [3.63, 3.8) is 0 Å². The molecule has 16 heteroatoms. The van der Waals surface area contributed by atoms with Crippen LogP contribution in [0.3, 0.4) is 0 Å². The van der Waals surface area contributed by atoms with Gasteiger partial charge in [0.25, 0.3) is 5.56 Å². The molecule has 1 heterocycles. The maximum atomic E-state index is 14.2. The van der Waals surface area contributed by atoms with E-state index in [0.717, 1.165) is 0 Å². The number of hydrogen-bond donors (Lipinski definition) is 2. The van der Waals surface area contributed by atoms with Crippen molar-refractivity contribution in [2.45, 2.75) is 24.2 Å². The first-order chi connectivity index (χ1) is 17.5. The fraction of sp³-hybridized carbons (Fsp3) is 0.182. The molecule has 0 saturated carbocycles. The zero-order valence-electron chi connectivity index (χ0n) is 18.2. The lowest BCUT2D eigenvalue weighted by Gasteiger charge is -2.30. The van der Waals surface area contributed by atoms with E-state index in [1.807, 2.05) is 0 Å². The van der Waals surface area contributed by atoms with E-state index in [1.54, 1.807) is 24.3 Å². The molecule has 200 valence electrons. The van der Waals surface area contributed by atoms with Gasteiger partial charge in [0.1, 0.15) is 11.6 Å². The Bertz CT molecular complexity index is 1450. The van der Waals surface area contributed by atoms with Gasteiger partial charge in [-0.15, -0.1) is 0 Å². The molecular weight excluding hydrogens is 540 g/mol. The summed E-state index contributed by atoms with van der Waals surface area (Å²) in [6.07, 6.45) is -12.1. The Kier molecular flexibility index (Phi) is 7.26. The molecule has 0 aliphatic rings. The van der Waals surface area contributed by atoms with Crippen molar-refractivity contribution in [1.29, 1.82) is 5.26 Å². The minimum Gasteiger partial charge on any atom is -0.290 e. The van der Waals surface area contributed by atoms with Crippen LogP contribution in [0.25, 0.3) is 11.3 Å². The largest absolute Gasteiger partial charge is 0.460 e. The van der Waals surface area contributed by atoms with Gasteiger partial charge in [0.05, 0.1) is 17.5 Å². The molecule has 0 bridgehead atoms. The summed E-state index contributed by atoms with van der Waals surface area (Å²) in [5.41, 5.74) is -4.75. The number of halogens is 10. The van der Waals surface area contributed by atoms with Gasteiger partial charge in [-0.25, -0.2) is 10.4 Å². The van der Waals surface area contributed by atoms with E-state index in [0.29, 0.717) is 17.8 Å². The first kappa shape index (κ1) is 28.2. The number of benzene rings is 2. The predicted molar refractivity (Wildman–Crippen MR) is 113 cm³/mol. The number of nitriles is 1. The highest BCUT2D eigenvalue weighted by molar-refractivity contribution is 5.81. The summed E-state index contributed by atoms with van der Waals surface area (Å²) >= 11 is 0. The lowest BCUT2D eigenvalue weighted by Crippen LogP contribution is -2.50. The van der Waals surface area contributed by atoms with Crippen molar-refractivity contribution in [3.8, 4) is 17.3 Å². The van der Waals surface area contributed by atoms with Gasteiger partial charge in [0, 0.05) is 11.1 Å². The molecule has 0 atom stereocenters. The zero-order valence-corrected chi connectivity index (χ0v) is 18.2. The summed E-state index contributed by atoms with van der Waals surface area (Å²) in [5, 5.41) is 12.7. The van der Waals surface area contributed by atoms with Crippen LogP contribution in [0.1, 0.15) is 22.3 Å². The van der Waals surface area contributed by atoms with Crippen molar-refractivity contribution in [2.75, 3.05) is 5.43 Å². The minimum atomic E-state index is -6.87. The molecule has 0 fully saturated rings. The Labute approximate surface area is 205 Å². The molecule has 3 rings (SSSR count). The van der Waals surface area contributed by atoms with Crippen molar-refractivity contribution in [2.24, 2.45) is 5.10 Å². The molecule has 0 aliphatic heterocycles. The van der Waals surface area contributed by atoms with Crippen LogP contribution in [0.4, 0.5) is 49.9 Å². The van der Waals surface area contributed by atoms with Crippen LogP contribution in [0, 0.1) is 11.3 Å². The highest BCUT2D eigenvalue weighted by atomic mass is 19.4. The van der Waals surface area contributed by atoms with Crippen LogP contribution in [0.15, 0.2) is 58.4 Å². The predicted octanol–water partition coefficient (Wildman–Crippen LogP) is 6.06. The lowest BCUT2D eigenvalue weighted by molar-refractivity contribution is -0.360. The van der Waals surface area contributed by atoms with Gasteiger partial charge in [-0.1, -0.05) is 36.4 Å². The molecule has 0 aliphatic carbocycles. The van der Waals surface area contributed by atoms with Crippen LogP contribution in [-0.4, -0.2) is 28.3 Å². The Morgan fingerprint density at radius 3 is 2.11 bits per heavy atom. The minimum absolute atomic E-state index is 0.0969. The molecule has 1 aromatic heterocycles. The zero-order chi connectivity index (χ0) is 28.5. The highest BCUT2D eigenvalue weighted by Crippen LogP contribution is 2.54. The number of H-pyrrole nitrogens is 1. The van der Waals surface area contributed by atoms with Crippen molar-refractivity contribution < 1.29 is 43.9 Å². The standard InChI is InChI=1S/C22H11F10N5O/c23-19(24,21(28,29)22(30,31)32)15-8-11(6-7-14(15)20(25,26)27)10-34-37-18-35-16(12-4-2-1-3-5-12)13(9-33)17(38)36-18/h1-8,10H,(H2,35,36,37,38). The summed E-state index contributed by atoms with van der Waals surface area (Å²) in [6.45, 7) is 0. The first-order valence-corrected chi connectivity index (χ1v) is 9.93. The summed E-state index contributed by atoms with van der Waals surface area (Å²) in [5.74, 6) is -13.6. The number of anilines is 1. The number of aromatic amines is 1. The number of hydrazone groups is 1. The number of nitrogens with zero attached hydrogens (tertiary/aromatic N) is 3. The van der Waals surface area contributed by atoms with Gasteiger partial charge in [-0.3, -0.25) is 9.78 Å². The van der Waals surface area contributed by atoms with E-state index in [-0.39, 0.29) is 23.4 Å². The second-order valence-electron chi connectivity index (χ2n) is 7.44. The maximum Gasteiger partial charge on any atom is 0.460 e. The Hall–Kier alpha value is -4.42. The van der Waals surface area contributed by atoms with Crippen molar-refractivity contribution in [3.05, 3.63) is 81.1 Å². The molecule has 0 spiro atoms. The summed E-state index contributed by atoms with van der Waals surface area (Å²) in [6, 6.07) is 9.62. The number of alkyl halides is 10. The van der Waals surface area contributed by atoms with Crippen LogP contribution < -0.4 is 11.0 Å². The molecule has 2 aromatic carbocycles. The summed E-state index contributed by atoms with van der Waals surface area (Å²) in [7, 11) is 0. The molecule has 0 unspecified atom stereocenters. The third kappa shape index (κ3) is 5.31. The first-order valence-electron chi connectivity index (χ1n) is 9.93. The van der Waals surface area contributed by atoms with Crippen LogP contribution in [-0.2, 0) is 12.1 Å². The third-order valence-corrected chi connectivity index (χ3v) is 4.90. The van der Waals surface area contributed by atoms with Gasteiger partial charge < -0.3 is 0 Å². The Morgan fingerprint density at radius 2 is 1.55 bits per heavy atom. The Morgan fingerprint density at radius 1 is 0.921 bits per heavy atom. The van der Waals surface area contributed by atoms with E-state index in [1.165, 1.54) is 12.1 Å². The van der Waals surface area contributed by atoms with Crippen LogP contribution in [0.5, 0.6) is 0 Å². The number of hydrogen-bond acceptors (Lipinski definition) is 5. The van der Waals surface area contributed by atoms with E-state index in [2.05, 4.69) is 20.5 Å².